The van der Waals surface area contributed by atoms with E-state index >= 15 is 0 Å². The van der Waals surface area contributed by atoms with Gasteiger partial charge >= 0.3 is 0 Å². The van der Waals surface area contributed by atoms with Gasteiger partial charge in [0.15, 0.2) is 0 Å². The van der Waals surface area contributed by atoms with Gasteiger partial charge in [-0.2, -0.15) is 0 Å². The van der Waals surface area contributed by atoms with E-state index in [0.29, 0.717) is 5.75 Å². The minimum atomic E-state index is 0.0440. The number of carbonyl (C=O) groups excluding carboxylic acids is 1. The molecule has 0 spiro atoms. The number of rotatable bonds is 0. The third-order valence-corrected chi connectivity index (χ3v) is 3.03. The number of fused-ring (bicyclic) bond motifs is 1. The monoisotopic (exact) mass is 194 g/mol. The van der Waals surface area contributed by atoms with Crippen LogP contribution in [0.3, 0.4) is 0 Å². The first kappa shape index (κ1) is 8.44. The second-order valence-electron chi connectivity index (χ2n) is 3.07. The molecular formula is C9H10N2OS. The first-order chi connectivity index (χ1) is 6.16. The summed E-state index contributed by atoms with van der Waals surface area (Å²) in [5, 5.41) is 2.80. The molecule has 1 aromatic rings. The fourth-order valence-corrected chi connectivity index (χ4v) is 2.22. The Morgan fingerprint density at radius 1 is 1.54 bits per heavy atom. The lowest BCUT2D eigenvalue weighted by Gasteiger charge is -2.18. The molecule has 0 bridgehead atoms. The molecule has 4 heteroatoms. The molecule has 0 aromatic heterocycles. The van der Waals surface area contributed by atoms with Crippen molar-refractivity contribution in [3.63, 3.8) is 0 Å². The lowest BCUT2D eigenvalue weighted by Crippen LogP contribution is -2.19. The van der Waals surface area contributed by atoms with Gasteiger partial charge in [0, 0.05) is 5.69 Å². The van der Waals surface area contributed by atoms with Gasteiger partial charge in [0.1, 0.15) is 0 Å². The predicted molar refractivity (Wildman–Crippen MR) is 54.9 cm³/mol. The fourth-order valence-electron chi connectivity index (χ4n) is 1.38. The van der Waals surface area contributed by atoms with Gasteiger partial charge in [-0.15, -0.1) is 11.8 Å². The van der Waals surface area contributed by atoms with E-state index < -0.39 is 0 Å². The van der Waals surface area contributed by atoms with Crippen LogP contribution in [-0.2, 0) is 4.79 Å². The van der Waals surface area contributed by atoms with Gasteiger partial charge in [-0.05, 0) is 24.6 Å². The molecule has 13 heavy (non-hydrogen) atoms. The van der Waals surface area contributed by atoms with Crippen molar-refractivity contribution in [3.8, 4) is 0 Å². The Labute approximate surface area is 80.7 Å². The minimum Gasteiger partial charge on any atom is -0.398 e. The Hall–Kier alpha value is -1.16. The number of aryl methyl sites for hydroxylation is 1. The van der Waals surface area contributed by atoms with E-state index in [0.717, 1.165) is 21.8 Å². The standard InChI is InChI=1S/C9H10N2OS/c1-5-2-6(10)9-7(3-5)11-8(12)4-13-9/h2-3H,4,10H2,1H3,(H,11,12). The number of anilines is 2. The van der Waals surface area contributed by atoms with Crippen LogP contribution in [0.15, 0.2) is 17.0 Å². The van der Waals surface area contributed by atoms with E-state index in [1.54, 1.807) is 0 Å². The first-order valence-electron chi connectivity index (χ1n) is 3.99. The molecule has 1 aromatic carbocycles. The highest BCUT2D eigenvalue weighted by Crippen LogP contribution is 2.36. The zero-order chi connectivity index (χ0) is 9.42. The zero-order valence-electron chi connectivity index (χ0n) is 7.26. The summed E-state index contributed by atoms with van der Waals surface area (Å²) < 4.78 is 0. The SMILES string of the molecule is Cc1cc(N)c2c(c1)NC(=O)CS2. The van der Waals surface area contributed by atoms with Crippen molar-refractivity contribution in [1.82, 2.24) is 0 Å². The number of amides is 1. The van der Waals surface area contributed by atoms with Crippen LogP contribution in [0.2, 0.25) is 0 Å². The van der Waals surface area contributed by atoms with Crippen LogP contribution in [0.1, 0.15) is 5.56 Å². The quantitative estimate of drug-likeness (QED) is 0.617. The average Bonchev–Trinajstić information content (AvgIpc) is 2.02. The molecule has 0 saturated heterocycles. The molecule has 0 atom stereocenters. The maximum atomic E-state index is 11.1. The number of hydrogen-bond acceptors (Lipinski definition) is 3. The highest BCUT2D eigenvalue weighted by molar-refractivity contribution is 8.00. The molecule has 1 amide bonds. The van der Waals surface area contributed by atoms with Crippen molar-refractivity contribution < 1.29 is 4.79 Å². The van der Waals surface area contributed by atoms with Crippen molar-refractivity contribution in [2.45, 2.75) is 11.8 Å². The van der Waals surface area contributed by atoms with Crippen molar-refractivity contribution in [2.24, 2.45) is 0 Å². The van der Waals surface area contributed by atoms with Crippen LogP contribution in [0, 0.1) is 6.92 Å². The number of nitrogens with one attached hydrogen (secondary N) is 1. The summed E-state index contributed by atoms with van der Waals surface area (Å²) in [6.07, 6.45) is 0. The molecular weight excluding hydrogens is 184 g/mol. The highest BCUT2D eigenvalue weighted by atomic mass is 32.2. The summed E-state index contributed by atoms with van der Waals surface area (Å²) in [6.45, 7) is 1.96. The average molecular weight is 194 g/mol. The number of nitrogens with two attached hydrogens (primary N) is 1. The van der Waals surface area contributed by atoms with Crippen molar-refractivity contribution in [1.29, 1.82) is 0 Å². The predicted octanol–water partition coefficient (Wildman–Crippen LogP) is 1.62. The molecule has 1 aliphatic rings. The molecule has 0 unspecified atom stereocenters. The molecule has 3 N–H and O–H groups in total. The Bertz CT molecular complexity index is 376. The summed E-state index contributed by atoms with van der Waals surface area (Å²) in [5.41, 5.74) is 8.48. The van der Waals surface area contributed by atoms with E-state index in [-0.39, 0.29) is 5.91 Å². The van der Waals surface area contributed by atoms with Gasteiger partial charge in [-0.25, -0.2) is 0 Å². The topological polar surface area (TPSA) is 55.1 Å². The Morgan fingerprint density at radius 2 is 2.31 bits per heavy atom. The number of thioether (sulfide) groups is 1. The van der Waals surface area contributed by atoms with Crippen LogP contribution < -0.4 is 11.1 Å². The van der Waals surface area contributed by atoms with Gasteiger partial charge in [0.2, 0.25) is 5.91 Å². The lowest BCUT2D eigenvalue weighted by molar-refractivity contribution is -0.113. The molecule has 0 fully saturated rings. The summed E-state index contributed by atoms with van der Waals surface area (Å²) in [6, 6.07) is 3.86. The molecule has 0 radical (unpaired) electrons. The second-order valence-corrected chi connectivity index (χ2v) is 4.05. The largest absolute Gasteiger partial charge is 0.398 e. The fraction of sp³-hybridized carbons (Fsp3) is 0.222. The Kier molecular flexibility index (Phi) is 1.92. The van der Waals surface area contributed by atoms with E-state index in [1.165, 1.54) is 11.8 Å². The number of benzene rings is 1. The molecule has 68 valence electrons. The first-order valence-corrected chi connectivity index (χ1v) is 4.98. The van der Waals surface area contributed by atoms with Crippen LogP contribution >= 0.6 is 11.8 Å². The normalized spacial score (nSPS) is 15.0. The lowest BCUT2D eigenvalue weighted by atomic mass is 10.2. The van der Waals surface area contributed by atoms with Gasteiger partial charge < -0.3 is 11.1 Å². The zero-order valence-corrected chi connectivity index (χ0v) is 8.07. The molecule has 1 heterocycles. The second kappa shape index (κ2) is 2.96. The summed E-state index contributed by atoms with van der Waals surface area (Å²) in [7, 11) is 0. The van der Waals surface area contributed by atoms with Crippen molar-refractivity contribution in [2.75, 3.05) is 16.8 Å². The van der Waals surface area contributed by atoms with E-state index in [9.17, 15) is 4.79 Å². The van der Waals surface area contributed by atoms with Crippen LogP contribution in [0.25, 0.3) is 0 Å². The minimum absolute atomic E-state index is 0.0440. The van der Waals surface area contributed by atoms with Crippen LogP contribution in [0.4, 0.5) is 11.4 Å². The molecule has 3 nitrogen and oxygen atoms in total. The molecule has 0 saturated carbocycles. The third-order valence-electron chi connectivity index (χ3n) is 1.88. The van der Waals surface area contributed by atoms with Crippen LogP contribution in [-0.4, -0.2) is 11.7 Å². The maximum Gasteiger partial charge on any atom is 0.234 e. The smallest absolute Gasteiger partial charge is 0.234 e. The van der Waals surface area contributed by atoms with Gasteiger partial charge in [-0.1, -0.05) is 0 Å². The molecule has 1 aliphatic heterocycles. The molecule has 0 aliphatic carbocycles. The van der Waals surface area contributed by atoms with E-state index in [4.69, 9.17) is 5.73 Å². The number of hydrogen-bond donors (Lipinski definition) is 2. The van der Waals surface area contributed by atoms with Crippen molar-refractivity contribution >= 4 is 29.0 Å². The summed E-state index contributed by atoms with van der Waals surface area (Å²) >= 11 is 1.50. The van der Waals surface area contributed by atoms with E-state index in [2.05, 4.69) is 5.32 Å². The summed E-state index contributed by atoms with van der Waals surface area (Å²) in [4.78, 5) is 12.1. The summed E-state index contributed by atoms with van der Waals surface area (Å²) in [5.74, 6) is 0.503. The van der Waals surface area contributed by atoms with Gasteiger partial charge in [0.05, 0.1) is 16.3 Å². The highest BCUT2D eigenvalue weighted by Gasteiger charge is 2.17. The maximum absolute atomic E-state index is 11.1. The van der Waals surface area contributed by atoms with E-state index in [1.807, 2.05) is 19.1 Å². The molecule has 2 rings (SSSR count). The Morgan fingerprint density at radius 3 is 3.08 bits per heavy atom. The third kappa shape index (κ3) is 1.49. The number of nitrogen functional groups attached to an aromatic ring is 1. The Balaban J connectivity index is 2.53. The number of carbonyl (C=O) groups is 1. The van der Waals surface area contributed by atoms with Gasteiger partial charge in [-0.3, -0.25) is 4.79 Å². The van der Waals surface area contributed by atoms with Gasteiger partial charge in [0.25, 0.3) is 0 Å². The van der Waals surface area contributed by atoms with Crippen LogP contribution in [0.5, 0.6) is 0 Å². The van der Waals surface area contributed by atoms with Crippen molar-refractivity contribution in [3.05, 3.63) is 17.7 Å².